The maximum Gasteiger partial charge on any atom is 0.243 e. The van der Waals surface area contributed by atoms with E-state index in [2.05, 4.69) is 21.8 Å². The highest BCUT2D eigenvalue weighted by molar-refractivity contribution is 7.89. The van der Waals surface area contributed by atoms with Gasteiger partial charge in [-0.2, -0.15) is 4.31 Å². The number of carbonyl (C=O) groups excluding carboxylic acids is 1. The molecule has 10 nitrogen and oxygen atoms in total. The molecule has 1 aliphatic rings. The van der Waals surface area contributed by atoms with Gasteiger partial charge in [-0.05, 0) is 49.7 Å². The van der Waals surface area contributed by atoms with Gasteiger partial charge >= 0.3 is 0 Å². The number of fused-ring (bicyclic) bond motifs is 1. The molecule has 0 spiro atoms. The Labute approximate surface area is 186 Å². The Bertz CT molecular complexity index is 1240. The van der Waals surface area contributed by atoms with Crippen LogP contribution >= 0.6 is 0 Å². The SMILES string of the molecule is CCCn1c(C)cc(C(=O)COn2nnc3ccc(S(=O)(=O)N4CCOCC4)cc32)c1C. The first kappa shape index (κ1) is 22.4. The van der Waals surface area contributed by atoms with E-state index in [9.17, 15) is 13.2 Å². The Kier molecular flexibility index (Phi) is 6.31. The molecule has 3 heterocycles. The number of hydrogen-bond acceptors (Lipinski definition) is 7. The maximum atomic E-state index is 13.0. The van der Waals surface area contributed by atoms with E-state index in [4.69, 9.17) is 9.57 Å². The van der Waals surface area contributed by atoms with Crippen LogP contribution in [-0.2, 0) is 21.3 Å². The van der Waals surface area contributed by atoms with Crippen molar-refractivity contribution >= 4 is 26.8 Å². The Morgan fingerprint density at radius 3 is 2.66 bits per heavy atom. The van der Waals surface area contributed by atoms with Gasteiger partial charge in [-0.3, -0.25) is 4.79 Å². The molecule has 1 aromatic carbocycles. The average molecular weight is 462 g/mol. The Balaban J connectivity index is 1.55. The minimum Gasteiger partial charge on any atom is -0.387 e. The highest BCUT2D eigenvalue weighted by atomic mass is 32.2. The second kappa shape index (κ2) is 9.00. The van der Waals surface area contributed by atoms with Crippen molar-refractivity contribution in [3.8, 4) is 0 Å². The van der Waals surface area contributed by atoms with Gasteiger partial charge in [0.05, 0.1) is 18.1 Å². The first-order valence-corrected chi connectivity index (χ1v) is 12.0. The number of Topliss-reactive ketones (excluding diaryl/α,β-unsaturated/α-hetero) is 1. The number of morpholine rings is 1. The van der Waals surface area contributed by atoms with Crippen LogP contribution in [-0.4, -0.2) is 71.1 Å². The molecule has 1 aliphatic heterocycles. The first-order chi connectivity index (χ1) is 15.3. The highest BCUT2D eigenvalue weighted by Crippen LogP contribution is 2.21. The minimum atomic E-state index is -3.68. The van der Waals surface area contributed by atoms with Crippen LogP contribution in [0.3, 0.4) is 0 Å². The van der Waals surface area contributed by atoms with E-state index in [0.29, 0.717) is 42.9 Å². The molecule has 32 heavy (non-hydrogen) atoms. The second-order valence-electron chi connectivity index (χ2n) is 7.76. The van der Waals surface area contributed by atoms with Crippen LogP contribution in [0.1, 0.15) is 35.1 Å². The number of ketones is 1. The molecule has 0 N–H and O–H groups in total. The first-order valence-electron chi connectivity index (χ1n) is 10.6. The van der Waals surface area contributed by atoms with Crippen molar-refractivity contribution in [3.05, 3.63) is 41.2 Å². The molecule has 172 valence electrons. The zero-order valence-corrected chi connectivity index (χ0v) is 19.3. The molecule has 0 radical (unpaired) electrons. The predicted octanol–water partition coefficient (Wildman–Crippen LogP) is 1.59. The van der Waals surface area contributed by atoms with Crippen molar-refractivity contribution < 1.29 is 22.8 Å². The topological polar surface area (TPSA) is 109 Å². The third-order valence-electron chi connectivity index (χ3n) is 5.63. The molecule has 3 aromatic rings. The summed E-state index contributed by atoms with van der Waals surface area (Å²) < 4.78 is 34.7. The summed E-state index contributed by atoms with van der Waals surface area (Å²) in [4.78, 5) is 19.6. The third kappa shape index (κ3) is 4.15. The molecule has 0 amide bonds. The van der Waals surface area contributed by atoms with Gasteiger partial charge in [-0.25, -0.2) is 8.42 Å². The number of hydrogen-bond donors (Lipinski definition) is 0. The van der Waals surface area contributed by atoms with E-state index < -0.39 is 10.0 Å². The molecule has 0 atom stereocenters. The van der Waals surface area contributed by atoms with Crippen molar-refractivity contribution in [2.75, 3.05) is 32.9 Å². The highest BCUT2D eigenvalue weighted by Gasteiger charge is 2.27. The Hall–Kier alpha value is -2.76. The van der Waals surface area contributed by atoms with Gasteiger partial charge in [-0.15, -0.1) is 5.10 Å². The van der Waals surface area contributed by atoms with Crippen LogP contribution in [0, 0.1) is 13.8 Å². The summed E-state index contributed by atoms with van der Waals surface area (Å²) in [6.45, 7) is 7.93. The standard InChI is InChI=1S/C21H27N5O5S/c1-4-7-25-15(2)12-18(16(25)3)21(27)14-31-26-20-13-17(5-6-19(20)22-23-26)32(28,29)24-8-10-30-11-9-24/h5-6,12-13H,4,7-11,14H2,1-3H3. The van der Waals surface area contributed by atoms with Crippen molar-refractivity contribution in [1.82, 2.24) is 24.0 Å². The molecule has 1 fully saturated rings. The lowest BCUT2D eigenvalue weighted by molar-refractivity contribution is 0.0629. The Morgan fingerprint density at radius 1 is 1.19 bits per heavy atom. The second-order valence-corrected chi connectivity index (χ2v) is 9.70. The smallest absolute Gasteiger partial charge is 0.243 e. The van der Waals surface area contributed by atoms with Crippen molar-refractivity contribution in [2.24, 2.45) is 0 Å². The summed E-state index contributed by atoms with van der Waals surface area (Å²) in [5.41, 5.74) is 3.39. The lowest BCUT2D eigenvalue weighted by atomic mass is 10.1. The summed E-state index contributed by atoms with van der Waals surface area (Å²) in [6.07, 6.45) is 0.973. The summed E-state index contributed by atoms with van der Waals surface area (Å²) in [5.74, 6) is -0.179. The van der Waals surface area contributed by atoms with E-state index in [0.717, 1.165) is 29.2 Å². The summed E-state index contributed by atoms with van der Waals surface area (Å²) >= 11 is 0. The zero-order chi connectivity index (χ0) is 22.9. The van der Waals surface area contributed by atoms with Gasteiger partial charge in [0.15, 0.2) is 6.61 Å². The van der Waals surface area contributed by atoms with Crippen LogP contribution in [0.15, 0.2) is 29.2 Å². The summed E-state index contributed by atoms with van der Waals surface area (Å²) in [7, 11) is -3.68. The maximum absolute atomic E-state index is 13.0. The average Bonchev–Trinajstić information content (AvgIpc) is 3.33. The number of sulfonamides is 1. The van der Waals surface area contributed by atoms with Crippen LogP contribution in [0.4, 0.5) is 0 Å². The van der Waals surface area contributed by atoms with Crippen LogP contribution in [0.2, 0.25) is 0 Å². The lowest BCUT2D eigenvalue weighted by Crippen LogP contribution is -2.40. The fraction of sp³-hybridized carbons (Fsp3) is 0.476. The van der Waals surface area contributed by atoms with Crippen LogP contribution < -0.4 is 4.84 Å². The van der Waals surface area contributed by atoms with Gasteiger partial charge in [0.1, 0.15) is 11.0 Å². The van der Waals surface area contributed by atoms with Gasteiger partial charge in [0, 0.05) is 36.6 Å². The summed E-state index contributed by atoms with van der Waals surface area (Å²) in [6, 6.07) is 6.41. The molecular formula is C21H27N5O5S. The molecule has 0 unspecified atom stereocenters. The van der Waals surface area contributed by atoms with E-state index >= 15 is 0 Å². The number of aryl methyl sites for hydroxylation is 1. The van der Waals surface area contributed by atoms with Gasteiger partial charge in [-0.1, -0.05) is 11.8 Å². The third-order valence-corrected chi connectivity index (χ3v) is 7.53. The minimum absolute atomic E-state index is 0.119. The molecular weight excluding hydrogens is 434 g/mol. The largest absolute Gasteiger partial charge is 0.387 e. The quantitative estimate of drug-likeness (QED) is 0.469. The Morgan fingerprint density at radius 2 is 1.94 bits per heavy atom. The monoisotopic (exact) mass is 461 g/mol. The molecule has 0 bridgehead atoms. The molecule has 4 rings (SSSR count). The number of nitrogens with zero attached hydrogens (tertiary/aromatic N) is 5. The number of carbonyl (C=O) groups is 1. The molecule has 1 saturated heterocycles. The summed E-state index contributed by atoms with van der Waals surface area (Å²) in [5, 5.41) is 7.94. The molecule has 11 heteroatoms. The van der Waals surface area contributed by atoms with Crippen molar-refractivity contribution in [3.63, 3.8) is 0 Å². The lowest BCUT2D eigenvalue weighted by Gasteiger charge is -2.26. The van der Waals surface area contributed by atoms with Gasteiger partial charge in [0.2, 0.25) is 15.8 Å². The van der Waals surface area contributed by atoms with Gasteiger partial charge in [0.25, 0.3) is 0 Å². The van der Waals surface area contributed by atoms with E-state index in [-0.39, 0.29) is 17.3 Å². The molecule has 2 aromatic heterocycles. The zero-order valence-electron chi connectivity index (χ0n) is 18.4. The number of aromatic nitrogens is 4. The van der Waals surface area contributed by atoms with E-state index in [1.54, 1.807) is 6.07 Å². The van der Waals surface area contributed by atoms with Crippen LogP contribution in [0.5, 0.6) is 0 Å². The number of benzene rings is 1. The van der Waals surface area contributed by atoms with Gasteiger partial charge < -0.3 is 14.1 Å². The molecule has 0 saturated carbocycles. The van der Waals surface area contributed by atoms with E-state index in [1.165, 1.54) is 16.4 Å². The molecule has 0 aliphatic carbocycles. The fourth-order valence-corrected chi connectivity index (χ4v) is 5.35. The van der Waals surface area contributed by atoms with E-state index in [1.807, 2.05) is 19.9 Å². The van der Waals surface area contributed by atoms with Crippen LogP contribution in [0.25, 0.3) is 11.0 Å². The predicted molar refractivity (Wildman–Crippen MR) is 117 cm³/mol. The fourth-order valence-electron chi connectivity index (χ4n) is 3.92. The normalized spacial score (nSPS) is 15.3. The van der Waals surface area contributed by atoms with Crippen molar-refractivity contribution in [2.45, 2.75) is 38.6 Å². The number of ether oxygens (including phenoxy) is 1. The number of rotatable bonds is 8. The van der Waals surface area contributed by atoms with Crippen molar-refractivity contribution in [1.29, 1.82) is 0 Å².